The van der Waals surface area contributed by atoms with Crippen molar-refractivity contribution < 1.29 is 24.5 Å². The molecule has 4 aliphatic rings. The SMILES string of the molecule is CC(C)=C1C=C(/C=C/[C@@H]2[C@@]3(CC[C@@H]4[C@](C)(CO)[C@H](O)CC[C@]42C)CO3)C(=O)O1. The molecule has 0 aromatic rings. The molecule has 2 saturated carbocycles. The van der Waals surface area contributed by atoms with Gasteiger partial charge in [0, 0.05) is 11.3 Å². The maximum Gasteiger partial charge on any atom is 0.343 e. The fourth-order valence-electron chi connectivity index (χ4n) is 6.09. The van der Waals surface area contributed by atoms with Crippen LogP contribution in [0, 0.1) is 22.7 Å². The Morgan fingerprint density at radius 2 is 2.00 bits per heavy atom. The summed E-state index contributed by atoms with van der Waals surface area (Å²) < 4.78 is 11.3. The molecule has 0 aromatic carbocycles. The minimum absolute atomic E-state index is 0.0138. The van der Waals surface area contributed by atoms with Gasteiger partial charge in [-0.05, 0) is 62.5 Å². The van der Waals surface area contributed by atoms with E-state index in [-0.39, 0.29) is 35.4 Å². The lowest BCUT2D eigenvalue weighted by atomic mass is 9.45. The van der Waals surface area contributed by atoms with Gasteiger partial charge in [-0.2, -0.15) is 0 Å². The molecule has 28 heavy (non-hydrogen) atoms. The van der Waals surface area contributed by atoms with Gasteiger partial charge in [-0.25, -0.2) is 4.79 Å². The summed E-state index contributed by atoms with van der Waals surface area (Å²) in [6.07, 6.45) is 8.78. The van der Waals surface area contributed by atoms with Gasteiger partial charge in [0.25, 0.3) is 0 Å². The number of cyclic esters (lactones) is 1. The number of carbonyl (C=O) groups excluding carboxylic acids is 1. The standard InChI is InChI=1S/C23H32O5/c1-14(2)16-11-15(20(26)28-16)5-6-18-21(3)9-8-19(25)22(4,12-24)17(21)7-10-23(18)13-27-23/h5-6,11,17-19,24-25H,7-10,12-13H2,1-4H3/b6-5+/t17-,18-,19+,21+,22-,23+/m0/s1. The van der Waals surface area contributed by atoms with E-state index in [9.17, 15) is 15.0 Å². The summed E-state index contributed by atoms with van der Waals surface area (Å²) in [6.45, 7) is 8.87. The molecule has 2 heterocycles. The molecule has 6 atom stereocenters. The zero-order chi connectivity index (χ0) is 20.3. The molecule has 0 bridgehead atoms. The van der Waals surface area contributed by atoms with Crippen molar-refractivity contribution in [1.29, 1.82) is 0 Å². The number of aliphatic hydroxyl groups excluding tert-OH is 2. The topological polar surface area (TPSA) is 79.3 Å². The van der Waals surface area contributed by atoms with E-state index < -0.39 is 11.5 Å². The summed E-state index contributed by atoms with van der Waals surface area (Å²) in [7, 11) is 0. The van der Waals surface area contributed by atoms with Gasteiger partial charge in [-0.3, -0.25) is 0 Å². The van der Waals surface area contributed by atoms with Gasteiger partial charge in [0.2, 0.25) is 0 Å². The van der Waals surface area contributed by atoms with Gasteiger partial charge in [-0.1, -0.05) is 26.0 Å². The van der Waals surface area contributed by atoms with E-state index in [0.717, 1.165) is 31.4 Å². The molecule has 3 fully saturated rings. The Balaban J connectivity index is 1.68. The highest BCUT2D eigenvalue weighted by Gasteiger charge is 2.66. The van der Waals surface area contributed by atoms with Crippen LogP contribution in [0.4, 0.5) is 0 Å². The number of esters is 1. The van der Waals surface area contributed by atoms with Crippen LogP contribution in [-0.2, 0) is 14.3 Å². The summed E-state index contributed by atoms with van der Waals surface area (Å²) in [5.41, 5.74) is 0.783. The molecule has 0 radical (unpaired) electrons. The number of ether oxygens (including phenoxy) is 2. The summed E-state index contributed by atoms with van der Waals surface area (Å²) in [5.74, 6) is 0.663. The summed E-state index contributed by atoms with van der Waals surface area (Å²) in [6, 6.07) is 0. The molecule has 154 valence electrons. The summed E-state index contributed by atoms with van der Waals surface area (Å²) in [4.78, 5) is 12.2. The first kappa shape index (κ1) is 19.9. The summed E-state index contributed by atoms with van der Waals surface area (Å²) >= 11 is 0. The number of aliphatic hydroxyl groups is 2. The number of epoxide rings is 1. The predicted octanol–water partition coefficient (Wildman–Crippen LogP) is 3.27. The maximum atomic E-state index is 12.2. The average Bonchev–Trinajstić information content (AvgIpc) is 3.32. The van der Waals surface area contributed by atoms with Gasteiger partial charge in [0.1, 0.15) is 5.76 Å². The van der Waals surface area contributed by atoms with Crippen LogP contribution >= 0.6 is 0 Å². The van der Waals surface area contributed by atoms with Crippen molar-refractivity contribution >= 4 is 5.97 Å². The Morgan fingerprint density at radius 1 is 1.29 bits per heavy atom. The molecule has 0 unspecified atom stereocenters. The van der Waals surface area contributed by atoms with Crippen LogP contribution in [0.15, 0.2) is 35.1 Å². The molecular weight excluding hydrogens is 356 g/mol. The lowest BCUT2D eigenvalue weighted by molar-refractivity contribution is -0.167. The first-order valence-electron chi connectivity index (χ1n) is 10.4. The Kier molecular flexibility index (Phi) is 4.64. The van der Waals surface area contributed by atoms with Crippen molar-refractivity contribution in [1.82, 2.24) is 0 Å². The minimum atomic E-state index is -0.504. The van der Waals surface area contributed by atoms with E-state index in [1.165, 1.54) is 0 Å². The third-order valence-electron chi connectivity index (χ3n) is 7.99. The number of allylic oxidation sites excluding steroid dienone is 2. The van der Waals surface area contributed by atoms with Crippen LogP contribution in [0.2, 0.25) is 0 Å². The van der Waals surface area contributed by atoms with Crippen molar-refractivity contribution in [2.45, 2.75) is 65.1 Å². The highest BCUT2D eigenvalue weighted by molar-refractivity contribution is 5.95. The zero-order valence-electron chi connectivity index (χ0n) is 17.3. The lowest BCUT2D eigenvalue weighted by Gasteiger charge is -2.60. The first-order valence-corrected chi connectivity index (χ1v) is 10.4. The monoisotopic (exact) mass is 388 g/mol. The third kappa shape index (κ3) is 2.82. The average molecular weight is 389 g/mol. The molecule has 0 aromatic heterocycles. The third-order valence-corrected chi connectivity index (χ3v) is 7.99. The normalized spacial score (nSPS) is 45.2. The van der Waals surface area contributed by atoms with Crippen LogP contribution < -0.4 is 0 Å². The van der Waals surface area contributed by atoms with Crippen LogP contribution in [0.5, 0.6) is 0 Å². The van der Waals surface area contributed by atoms with E-state index >= 15 is 0 Å². The molecule has 5 nitrogen and oxygen atoms in total. The zero-order valence-corrected chi connectivity index (χ0v) is 17.3. The highest BCUT2D eigenvalue weighted by Crippen LogP contribution is 2.65. The number of rotatable bonds is 3. The summed E-state index contributed by atoms with van der Waals surface area (Å²) in [5, 5.41) is 20.8. The van der Waals surface area contributed by atoms with Gasteiger partial charge in [0.05, 0.1) is 30.5 Å². The Labute approximate surface area is 167 Å². The van der Waals surface area contributed by atoms with E-state index in [0.29, 0.717) is 17.8 Å². The van der Waals surface area contributed by atoms with Crippen LogP contribution in [0.25, 0.3) is 0 Å². The van der Waals surface area contributed by atoms with Crippen molar-refractivity contribution in [2.75, 3.05) is 13.2 Å². The molecule has 4 rings (SSSR count). The molecule has 1 saturated heterocycles. The van der Waals surface area contributed by atoms with E-state index in [1.807, 2.05) is 26.8 Å². The fourth-order valence-corrected chi connectivity index (χ4v) is 6.09. The molecule has 2 aliphatic carbocycles. The number of carbonyl (C=O) groups is 1. The van der Waals surface area contributed by atoms with E-state index in [4.69, 9.17) is 9.47 Å². The second-order valence-corrected chi connectivity index (χ2v) is 9.86. The Hall–Kier alpha value is -1.43. The number of hydrogen-bond acceptors (Lipinski definition) is 5. The van der Waals surface area contributed by atoms with Crippen molar-refractivity contribution in [3.63, 3.8) is 0 Å². The van der Waals surface area contributed by atoms with Gasteiger partial charge >= 0.3 is 5.97 Å². The van der Waals surface area contributed by atoms with Crippen LogP contribution in [0.1, 0.15) is 53.4 Å². The molecule has 0 amide bonds. The molecule has 5 heteroatoms. The highest BCUT2D eigenvalue weighted by atomic mass is 16.6. The first-order chi connectivity index (χ1) is 13.2. The minimum Gasteiger partial charge on any atom is -0.423 e. The van der Waals surface area contributed by atoms with Crippen molar-refractivity contribution in [3.8, 4) is 0 Å². The van der Waals surface area contributed by atoms with E-state index in [2.05, 4.69) is 13.0 Å². The maximum absolute atomic E-state index is 12.2. The Morgan fingerprint density at radius 3 is 2.57 bits per heavy atom. The van der Waals surface area contributed by atoms with Gasteiger partial charge in [-0.15, -0.1) is 0 Å². The molecular formula is C23H32O5. The van der Waals surface area contributed by atoms with Crippen molar-refractivity contribution in [3.05, 3.63) is 35.1 Å². The predicted molar refractivity (Wildman–Crippen MR) is 105 cm³/mol. The molecule has 2 N–H and O–H groups in total. The van der Waals surface area contributed by atoms with E-state index in [1.54, 1.807) is 6.08 Å². The second kappa shape index (κ2) is 6.54. The van der Waals surface area contributed by atoms with Gasteiger partial charge in [0.15, 0.2) is 0 Å². The second-order valence-electron chi connectivity index (χ2n) is 9.86. The van der Waals surface area contributed by atoms with Crippen LogP contribution in [-0.4, -0.2) is 41.1 Å². The number of hydrogen-bond donors (Lipinski definition) is 2. The molecule has 1 spiro atoms. The number of fused-ring (bicyclic) bond motifs is 1. The lowest BCUT2D eigenvalue weighted by Crippen LogP contribution is -2.60. The largest absolute Gasteiger partial charge is 0.423 e. The smallest absolute Gasteiger partial charge is 0.343 e. The fraction of sp³-hybridized carbons (Fsp3) is 0.696. The van der Waals surface area contributed by atoms with Crippen molar-refractivity contribution in [2.24, 2.45) is 22.7 Å². The van der Waals surface area contributed by atoms with Gasteiger partial charge < -0.3 is 19.7 Å². The molecule has 2 aliphatic heterocycles. The quantitative estimate of drug-likeness (QED) is 0.573. The van der Waals surface area contributed by atoms with Crippen LogP contribution in [0.3, 0.4) is 0 Å². The Bertz CT molecular complexity index is 770.